The van der Waals surface area contributed by atoms with Gasteiger partial charge in [-0.25, -0.2) is 0 Å². The standard InChI is InChI=1S/C18H22BrNO5/c19-13-11-16-15(22-5-6-23-16)9-12(13)10-17(21)20-4-2-1-3-14(20)18-24-7-8-25-18/h9,11,14,18H,1-8,10H2. The van der Waals surface area contributed by atoms with Gasteiger partial charge in [0.25, 0.3) is 0 Å². The third-order valence-corrected chi connectivity index (χ3v) is 5.62. The van der Waals surface area contributed by atoms with Crippen LogP contribution < -0.4 is 9.47 Å². The first-order valence-electron chi connectivity index (χ1n) is 8.83. The minimum Gasteiger partial charge on any atom is -0.486 e. The molecule has 0 bridgehead atoms. The Morgan fingerprint density at radius 2 is 1.80 bits per heavy atom. The predicted octanol–water partition coefficient (Wildman–Crippen LogP) is 2.52. The summed E-state index contributed by atoms with van der Waals surface area (Å²) < 4.78 is 23.4. The number of halogens is 1. The number of hydrogen-bond acceptors (Lipinski definition) is 5. The number of benzene rings is 1. The Hall–Kier alpha value is -1.31. The van der Waals surface area contributed by atoms with Crippen molar-refractivity contribution in [1.82, 2.24) is 4.90 Å². The Balaban J connectivity index is 1.50. The first kappa shape index (κ1) is 17.1. The maximum atomic E-state index is 13.0. The number of hydrogen-bond donors (Lipinski definition) is 0. The SMILES string of the molecule is O=C(Cc1cc2c(cc1Br)OCCO2)N1CCCCC1C1OCCO1. The molecule has 136 valence electrons. The van der Waals surface area contributed by atoms with Gasteiger partial charge >= 0.3 is 0 Å². The maximum absolute atomic E-state index is 13.0. The van der Waals surface area contributed by atoms with Crippen molar-refractivity contribution in [3.8, 4) is 11.5 Å². The molecular weight excluding hydrogens is 390 g/mol. The van der Waals surface area contributed by atoms with E-state index in [0.29, 0.717) is 38.6 Å². The van der Waals surface area contributed by atoms with Gasteiger partial charge in [-0.05, 0) is 37.0 Å². The van der Waals surface area contributed by atoms with Gasteiger partial charge < -0.3 is 23.8 Å². The number of carbonyl (C=O) groups excluding carboxylic acids is 1. The molecule has 1 aromatic rings. The summed E-state index contributed by atoms with van der Waals surface area (Å²) >= 11 is 3.55. The molecule has 1 unspecified atom stereocenters. The maximum Gasteiger partial charge on any atom is 0.227 e. The van der Waals surface area contributed by atoms with Gasteiger partial charge in [-0.15, -0.1) is 0 Å². The van der Waals surface area contributed by atoms with Gasteiger partial charge in [0.05, 0.1) is 25.7 Å². The van der Waals surface area contributed by atoms with Crippen LogP contribution in [0.3, 0.4) is 0 Å². The predicted molar refractivity (Wildman–Crippen MR) is 93.9 cm³/mol. The van der Waals surface area contributed by atoms with E-state index in [9.17, 15) is 4.79 Å². The molecule has 6 nitrogen and oxygen atoms in total. The van der Waals surface area contributed by atoms with Crippen LogP contribution in [0.4, 0.5) is 0 Å². The van der Waals surface area contributed by atoms with Crippen LogP contribution in [0, 0.1) is 0 Å². The molecule has 1 amide bonds. The highest BCUT2D eigenvalue weighted by Crippen LogP contribution is 2.36. The van der Waals surface area contributed by atoms with E-state index in [1.54, 1.807) is 0 Å². The zero-order valence-corrected chi connectivity index (χ0v) is 15.6. The topological polar surface area (TPSA) is 57.2 Å². The number of amides is 1. The van der Waals surface area contributed by atoms with E-state index >= 15 is 0 Å². The summed E-state index contributed by atoms with van der Waals surface area (Å²) in [6.07, 6.45) is 3.09. The lowest BCUT2D eigenvalue weighted by molar-refractivity contribution is -0.149. The van der Waals surface area contributed by atoms with Gasteiger partial charge in [0, 0.05) is 11.0 Å². The Kier molecular flexibility index (Phi) is 5.15. The van der Waals surface area contributed by atoms with Crippen LogP contribution in [0.2, 0.25) is 0 Å². The van der Waals surface area contributed by atoms with Crippen molar-refractivity contribution in [3.63, 3.8) is 0 Å². The third-order valence-electron chi connectivity index (χ3n) is 4.88. The second-order valence-electron chi connectivity index (χ2n) is 6.52. The van der Waals surface area contributed by atoms with Crippen molar-refractivity contribution in [2.45, 2.75) is 38.0 Å². The molecule has 4 rings (SSSR count). The monoisotopic (exact) mass is 411 g/mol. The lowest BCUT2D eigenvalue weighted by atomic mass is 10.00. The average Bonchev–Trinajstić information content (AvgIpc) is 3.17. The van der Waals surface area contributed by atoms with Crippen LogP contribution in [0.1, 0.15) is 24.8 Å². The molecule has 3 aliphatic heterocycles. The highest BCUT2D eigenvalue weighted by atomic mass is 79.9. The number of carbonyl (C=O) groups is 1. The highest BCUT2D eigenvalue weighted by molar-refractivity contribution is 9.10. The smallest absolute Gasteiger partial charge is 0.227 e. The van der Waals surface area contributed by atoms with E-state index in [-0.39, 0.29) is 18.2 Å². The number of nitrogens with zero attached hydrogens (tertiary/aromatic N) is 1. The molecule has 25 heavy (non-hydrogen) atoms. The zero-order chi connectivity index (χ0) is 17.2. The van der Waals surface area contributed by atoms with Crippen LogP contribution in [-0.2, 0) is 20.7 Å². The number of fused-ring (bicyclic) bond motifs is 1. The van der Waals surface area contributed by atoms with E-state index in [4.69, 9.17) is 18.9 Å². The summed E-state index contributed by atoms with van der Waals surface area (Å²) in [6.45, 7) is 3.06. The molecule has 0 spiro atoms. The molecule has 0 saturated carbocycles. The normalized spacial score (nSPS) is 23.7. The third kappa shape index (κ3) is 3.64. The van der Waals surface area contributed by atoms with Gasteiger partial charge in [-0.1, -0.05) is 15.9 Å². The minimum absolute atomic E-state index is 0.0136. The molecular formula is C18H22BrNO5. The first-order valence-corrected chi connectivity index (χ1v) is 9.62. The number of rotatable bonds is 3. The molecule has 0 N–H and O–H groups in total. The van der Waals surface area contributed by atoms with Crippen LogP contribution in [0.15, 0.2) is 16.6 Å². The van der Waals surface area contributed by atoms with Crippen LogP contribution in [-0.4, -0.2) is 56.1 Å². The molecule has 7 heteroatoms. The molecule has 3 aliphatic rings. The van der Waals surface area contributed by atoms with Crippen molar-refractivity contribution in [2.24, 2.45) is 0 Å². The number of likely N-dealkylation sites (tertiary alicyclic amines) is 1. The van der Waals surface area contributed by atoms with Gasteiger partial charge in [0.2, 0.25) is 5.91 Å². The molecule has 0 radical (unpaired) electrons. The molecule has 2 fully saturated rings. The summed E-state index contributed by atoms with van der Waals surface area (Å²) in [7, 11) is 0. The summed E-state index contributed by atoms with van der Waals surface area (Å²) in [4.78, 5) is 14.9. The fourth-order valence-electron chi connectivity index (χ4n) is 3.65. The van der Waals surface area contributed by atoms with Crippen molar-refractivity contribution < 1.29 is 23.7 Å². The second-order valence-corrected chi connectivity index (χ2v) is 7.38. The highest BCUT2D eigenvalue weighted by Gasteiger charge is 2.36. The summed E-state index contributed by atoms with van der Waals surface area (Å²) in [6, 6.07) is 3.80. The van der Waals surface area contributed by atoms with Crippen LogP contribution >= 0.6 is 15.9 Å². The van der Waals surface area contributed by atoms with Gasteiger partial charge in [-0.2, -0.15) is 0 Å². The lowest BCUT2D eigenvalue weighted by Gasteiger charge is -2.38. The van der Waals surface area contributed by atoms with E-state index < -0.39 is 0 Å². The van der Waals surface area contributed by atoms with Crippen LogP contribution in [0.5, 0.6) is 11.5 Å². The molecule has 2 saturated heterocycles. The fraction of sp³-hybridized carbons (Fsp3) is 0.611. The van der Waals surface area contributed by atoms with Crippen molar-refractivity contribution in [2.75, 3.05) is 33.0 Å². The van der Waals surface area contributed by atoms with E-state index in [1.807, 2.05) is 17.0 Å². The van der Waals surface area contributed by atoms with Crippen molar-refractivity contribution in [1.29, 1.82) is 0 Å². The molecule has 3 heterocycles. The molecule has 0 aliphatic carbocycles. The fourth-order valence-corrected chi connectivity index (χ4v) is 4.12. The average molecular weight is 412 g/mol. The Morgan fingerprint density at radius 3 is 2.56 bits per heavy atom. The van der Waals surface area contributed by atoms with Crippen LogP contribution in [0.25, 0.3) is 0 Å². The number of piperidine rings is 1. The summed E-state index contributed by atoms with van der Waals surface area (Å²) in [5.41, 5.74) is 0.909. The Morgan fingerprint density at radius 1 is 1.08 bits per heavy atom. The van der Waals surface area contributed by atoms with E-state index in [1.165, 1.54) is 0 Å². The van der Waals surface area contributed by atoms with Crippen molar-refractivity contribution in [3.05, 3.63) is 22.2 Å². The molecule has 1 atom stereocenters. The largest absolute Gasteiger partial charge is 0.486 e. The summed E-state index contributed by atoms with van der Waals surface area (Å²) in [5.74, 6) is 1.52. The Labute approximate surface area is 155 Å². The van der Waals surface area contributed by atoms with Gasteiger partial charge in [-0.3, -0.25) is 4.79 Å². The second kappa shape index (κ2) is 7.51. The zero-order valence-electron chi connectivity index (χ0n) is 14.0. The van der Waals surface area contributed by atoms with Gasteiger partial charge in [0.1, 0.15) is 13.2 Å². The lowest BCUT2D eigenvalue weighted by Crippen LogP contribution is -2.50. The summed E-state index contributed by atoms with van der Waals surface area (Å²) in [5, 5.41) is 0. The van der Waals surface area contributed by atoms with E-state index in [0.717, 1.165) is 41.6 Å². The number of ether oxygens (including phenoxy) is 4. The molecule has 1 aromatic carbocycles. The quantitative estimate of drug-likeness (QED) is 0.764. The first-order chi connectivity index (χ1) is 12.2. The Bertz CT molecular complexity index is 647. The van der Waals surface area contributed by atoms with E-state index in [2.05, 4.69) is 15.9 Å². The van der Waals surface area contributed by atoms with Crippen molar-refractivity contribution >= 4 is 21.8 Å². The van der Waals surface area contributed by atoms with Gasteiger partial charge in [0.15, 0.2) is 17.8 Å². The molecule has 0 aromatic heterocycles. The minimum atomic E-state index is -0.284.